The van der Waals surface area contributed by atoms with Gasteiger partial charge >= 0.3 is 0 Å². The normalized spacial score (nSPS) is 16.2. The summed E-state index contributed by atoms with van der Waals surface area (Å²) in [5, 5.41) is 15.1. The van der Waals surface area contributed by atoms with E-state index in [4.69, 9.17) is 5.11 Å². The smallest absolute Gasteiger partial charge is 0.221 e. The first kappa shape index (κ1) is 13.5. The van der Waals surface area contributed by atoms with E-state index in [9.17, 15) is 4.79 Å². The molecule has 1 amide bonds. The Morgan fingerprint density at radius 3 is 2.69 bits per heavy atom. The number of carbonyl (C=O) groups is 1. The van der Waals surface area contributed by atoms with Crippen molar-refractivity contribution < 1.29 is 9.90 Å². The van der Waals surface area contributed by atoms with Crippen molar-refractivity contribution in [3.8, 4) is 0 Å². The SMILES string of the molecule is CC(C)(CCO)CNC(=O)CCNC1CC1. The fourth-order valence-electron chi connectivity index (χ4n) is 1.49. The second-order valence-corrected chi connectivity index (χ2v) is 5.39. The molecule has 0 spiro atoms. The number of aliphatic hydroxyl groups excluding tert-OH is 1. The largest absolute Gasteiger partial charge is 0.396 e. The van der Waals surface area contributed by atoms with Gasteiger partial charge < -0.3 is 15.7 Å². The highest BCUT2D eigenvalue weighted by atomic mass is 16.3. The van der Waals surface area contributed by atoms with Crippen molar-refractivity contribution in [1.82, 2.24) is 10.6 Å². The Bertz CT molecular complexity index is 225. The fraction of sp³-hybridized carbons (Fsp3) is 0.917. The van der Waals surface area contributed by atoms with Crippen LogP contribution in [0, 0.1) is 5.41 Å². The maximum absolute atomic E-state index is 11.5. The third-order valence-corrected chi connectivity index (χ3v) is 2.92. The van der Waals surface area contributed by atoms with Crippen LogP contribution in [-0.2, 0) is 4.79 Å². The van der Waals surface area contributed by atoms with Crippen LogP contribution in [-0.4, -0.2) is 36.8 Å². The summed E-state index contributed by atoms with van der Waals surface area (Å²) in [6.07, 6.45) is 3.77. The maximum atomic E-state index is 11.5. The van der Waals surface area contributed by atoms with E-state index >= 15 is 0 Å². The molecule has 94 valence electrons. The van der Waals surface area contributed by atoms with E-state index in [-0.39, 0.29) is 17.9 Å². The van der Waals surface area contributed by atoms with E-state index in [0.29, 0.717) is 25.4 Å². The Morgan fingerprint density at radius 2 is 2.12 bits per heavy atom. The van der Waals surface area contributed by atoms with Gasteiger partial charge in [-0.3, -0.25) is 4.79 Å². The van der Waals surface area contributed by atoms with Crippen LogP contribution in [0.15, 0.2) is 0 Å². The van der Waals surface area contributed by atoms with Crippen LogP contribution >= 0.6 is 0 Å². The van der Waals surface area contributed by atoms with Gasteiger partial charge in [0.2, 0.25) is 5.91 Å². The summed E-state index contributed by atoms with van der Waals surface area (Å²) in [7, 11) is 0. The van der Waals surface area contributed by atoms with Gasteiger partial charge in [0.15, 0.2) is 0 Å². The zero-order chi connectivity index (χ0) is 12.0. The first-order valence-electron chi connectivity index (χ1n) is 6.14. The zero-order valence-electron chi connectivity index (χ0n) is 10.4. The second kappa shape index (κ2) is 6.21. The molecule has 1 fully saturated rings. The number of rotatable bonds is 8. The Balaban J connectivity index is 2.03. The highest BCUT2D eigenvalue weighted by Gasteiger charge is 2.21. The van der Waals surface area contributed by atoms with E-state index in [1.165, 1.54) is 12.8 Å². The molecule has 16 heavy (non-hydrogen) atoms. The Morgan fingerprint density at radius 1 is 1.44 bits per heavy atom. The molecule has 1 rings (SSSR count). The van der Waals surface area contributed by atoms with Crippen LogP contribution in [0.4, 0.5) is 0 Å². The minimum absolute atomic E-state index is 0.0195. The summed E-state index contributed by atoms with van der Waals surface area (Å²) in [5.41, 5.74) is -0.0195. The van der Waals surface area contributed by atoms with Gasteiger partial charge in [0.25, 0.3) is 0 Å². The molecule has 1 saturated carbocycles. The minimum atomic E-state index is -0.0195. The number of hydrogen-bond donors (Lipinski definition) is 3. The molecule has 0 aliphatic heterocycles. The molecule has 0 saturated heterocycles. The number of nitrogens with one attached hydrogen (secondary N) is 2. The van der Waals surface area contributed by atoms with Gasteiger partial charge in [-0.25, -0.2) is 0 Å². The van der Waals surface area contributed by atoms with Gasteiger partial charge in [-0.2, -0.15) is 0 Å². The monoisotopic (exact) mass is 228 g/mol. The van der Waals surface area contributed by atoms with Gasteiger partial charge in [0.05, 0.1) is 0 Å². The summed E-state index contributed by atoms with van der Waals surface area (Å²) in [5.74, 6) is 0.0964. The van der Waals surface area contributed by atoms with Crippen LogP contribution in [0.2, 0.25) is 0 Å². The zero-order valence-corrected chi connectivity index (χ0v) is 10.4. The van der Waals surface area contributed by atoms with Crippen LogP contribution in [0.5, 0.6) is 0 Å². The van der Waals surface area contributed by atoms with E-state index in [1.807, 2.05) is 13.8 Å². The first-order chi connectivity index (χ1) is 7.53. The van der Waals surface area contributed by atoms with E-state index in [1.54, 1.807) is 0 Å². The van der Waals surface area contributed by atoms with Crippen LogP contribution in [0.3, 0.4) is 0 Å². The van der Waals surface area contributed by atoms with E-state index in [0.717, 1.165) is 6.54 Å². The number of carbonyl (C=O) groups excluding carboxylic acids is 1. The molecule has 0 atom stereocenters. The van der Waals surface area contributed by atoms with Crippen molar-refractivity contribution >= 4 is 5.91 Å². The lowest BCUT2D eigenvalue weighted by Gasteiger charge is -2.23. The van der Waals surface area contributed by atoms with E-state index in [2.05, 4.69) is 10.6 Å². The van der Waals surface area contributed by atoms with Crippen molar-refractivity contribution in [2.75, 3.05) is 19.7 Å². The van der Waals surface area contributed by atoms with Gasteiger partial charge in [0.1, 0.15) is 0 Å². The van der Waals surface area contributed by atoms with E-state index < -0.39 is 0 Å². The molecule has 0 radical (unpaired) electrons. The predicted octanol–water partition coefficient (Wildman–Crippen LogP) is 0.653. The topological polar surface area (TPSA) is 61.4 Å². The number of amides is 1. The molecule has 4 heteroatoms. The van der Waals surface area contributed by atoms with Gasteiger partial charge in [-0.1, -0.05) is 13.8 Å². The van der Waals surface area contributed by atoms with Gasteiger partial charge in [-0.15, -0.1) is 0 Å². The highest BCUT2D eigenvalue weighted by molar-refractivity contribution is 5.76. The van der Waals surface area contributed by atoms with Crippen molar-refractivity contribution in [1.29, 1.82) is 0 Å². The molecule has 4 nitrogen and oxygen atoms in total. The molecule has 3 N–H and O–H groups in total. The first-order valence-corrected chi connectivity index (χ1v) is 6.14. The molecule has 0 aromatic rings. The molecule has 0 aromatic heterocycles. The average Bonchev–Trinajstić information content (AvgIpc) is 2.99. The Labute approximate surface area is 97.8 Å². The summed E-state index contributed by atoms with van der Waals surface area (Å²) in [4.78, 5) is 11.5. The number of hydrogen-bond acceptors (Lipinski definition) is 3. The molecular formula is C12H24N2O2. The summed E-state index contributed by atoms with van der Waals surface area (Å²) in [6.45, 7) is 5.68. The highest BCUT2D eigenvalue weighted by Crippen LogP contribution is 2.19. The maximum Gasteiger partial charge on any atom is 0.221 e. The predicted molar refractivity (Wildman–Crippen MR) is 64.1 cm³/mol. The fourth-order valence-corrected chi connectivity index (χ4v) is 1.49. The molecule has 1 aliphatic carbocycles. The van der Waals surface area contributed by atoms with Crippen molar-refractivity contribution in [2.24, 2.45) is 5.41 Å². The van der Waals surface area contributed by atoms with Crippen LogP contribution in [0.25, 0.3) is 0 Å². The summed E-state index contributed by atoms with van der Waals surface area (Å²) >= 11 is 0. The molecule has 0 unspecified atom stereocenters. The molecule has 1 aliphatic rings. The Kier molecular flexibility index (Phi) is 5.22. The van der Waals surface area contributed by atoms with Crippen LogP contribution in [0.1, 0.15) is 39.5 Å². The number of aliphatic hydroxyl groups is 1. The summed E-state index contributed by atoms with van der Waals surface area (Å²) in [6, 6.07) is 0.665. The molecule has 0 aromatic carbocycles. The lowest BCUT2D eigenvalue weighted by molar-refractivity contribution is -0.121. The second-order valence-electron chi connectivity index (χ2n) is 5.39. The van der Waals surface area contributed by atoms with Gasteiger partial charge in [0, 0.05) is 32.2 Å². The lowest BCUT2D eigenvalue weighted by atomic mass is 9.90. The average molecular weight is 228 g/mol. The minimum Gasteiger partial charge on any atom is -0.396 e. The summed E-state index contributed by atoms with van der Waals surface area (Å²) < 4.78 is 0. The van der Waals surface area contributed by atoms with Gasteiger partial charge in [-0.05, 0) is 24.7 Å². The quantitative estimate of drug-likeness (QED) is 0.572. The van der Waals surface area contributed by atoms with Crippen LogP contribution < -0.4 is 10.6 Å². The molecular weight excluding hydrogens is 204 g/mol. The van der Waals surface area contributed by atoms with Crippen molar-refractivity contribution in [3.05, 3.63) is 0 Å². The third-order valence-electron chi connectivity index (χ3n) is 2.92. The van der Waals surface area contributed by atoms with Crippen molar-refractivity contribution in [2.45, 2.75) is 45.6 Å². The third kappa shape index (κ3) is 6.08. The standard InChI is InChI=1S/C12H24N2O2/c1-12(2,6-8-15)9-14-11(16)5-7-13-10-3-4-10/h10,13,15H,3-9H2,1-2H3,(H,14,16). The molecule has 0 bridgehead atoms. The molecule has 0 heterocycles. The van der Waals surface area contributed by atoms with Crippen molar-refractivity contribution in [3.63, 3.8) is 0 Å². The lowest BCUT2D eigenvalue weighted by Crippen LogP contribution is -2.36. The Hall–Kier alpha value is -0.610.